The van der Waals surface area contributed by atoms with Crippen molar-refractivity contribution >= 4 is 22.6 Å². The SMILES string of the molecule is O=C(O[C@@H](C(=O)N1CCCC1)c1ccccc1)c1ccc2ccccc2c1. The van der Waals surface area contributed by atoms with Crippen molar-refractivity contribution in [1.29, 1.82) is 0 Å². The number of carbonyl (C=O) groups excluding carboxylic acids is 2. The Morgan fingerprint density at radius 1 is 0.815 bits per heavy atom. The average molecular weight is 359 g/mol. The molecule has 1 aliphatic heterocycles. The van der Waals surface area contributed by atoms with Crippen molar-refractivity contribution in [2.75, 3.05) is 13.1 Å². The smallest absolute Gasteiger partial charge is 0.339 e. The Labute approximate surface area is 158 Å². The third-order valence-corrected chi connectivity index (χ3v) is 4.95. The highest BCUT2D eigenvalue weighted by Gasteiger charge is 2.31. The van der Waals surface area contributed by atoms with Crippen LogP contribution in [-0.2, 0) is 9.53 Å². The highest BCUT2D eigenvalue weighted by molar-refractivity contribution is 5.97. The summed E-state index contributed by atoms with van der Waals surface area (Å²) in [6, 6.07) is 22.5. The number of rotatable bonds is 4. The molecule has 1 saturated heterocycles. The lowest BCUT2D eigenvalue weighted by molar-refractivity contribution is -0.140. The van der Waals surface area contributed by atoms with Crippen LogP contribution in [0.1, 0.15) is 34.9 Å². The molecule has 1 atom stereocenters. The highest BCUT2D eigenvalue weighted by Crippen LogP contribution is 2.25. The molecule has 1 aliphatic rings. The second-order valence-corrected chi connectivity index (χ2v) is 6.79. The molecule has 0 unspecified atom stereocenters. The molecule has 0 aliphatic carbocycles. The van der Waals surface area contributed by atoms with Crippen LogP contribution in [0.5, 0.6) is 0 Å². The van der Waals surface area contributed by atoms with E-state index in [9.17, 15) is 9.59 Å². The van der Waals surface area contributed by atoms with E-state index in [-0.39, 0.29) is 5.91 Å². The molecule has 0 radical (unpaired) electrons. The lowest BCUT2D eigenvalue weighted by Gasteiger charge is -2.23. The van der Waals surface area contributed by atoms with Gasteiger partial charge in [-0.05, 0) is 35.7 Å². The first-order valence-electron chi connectivity index (χ1n) is 9.26. The fourth-order valence-electron chi connectivity index (χ4n) is 3.48. The average Bonchev–Trinajstić information content (AvgIpc) is 3.26. The fraction of sp³-hybridized carbons (Fsp3) is 0.217. The summed E-state index contributed by atoms with van der Waals surface area (Å²) in [4.78, 5) is 27.6. The van der Waals surface area contributed by atoms with Crippen molar-refractivity contribution in [3.63, 3.8) is 0 Å². The fourth-order valence-corrected chi connectivity index (χ4v) is 3.48. The van der Waals surface area contributed by atoms with Gasteiger partial charge in [0, 0.05) is 18.7 Å². The van der Waals surface area contributed by atoms with Gasteiger partial charge in [0.25, 0.3) is 5.91 Å². The van der Waals surface area contributed by atoms with E-state index in [1.165, 1.54) is 0 Å². The predicted octanol–water partition coefficient (Wildman–Crippen LogP) is 4.36. The summed E-state index contributed by atoms with van der Waals surface area (Å²) in [6.07, 6.45) is 1.07. The van der Waals surface area contributed by atoms with E-state index in [1.54, 1.807) is 17.0 Å². The van der Waals surface area contributed by atoms with E-state index in [0.717, 1.165) is 36.7 Å². The summed E-state index contributed by atoms with van der Waals surface area (Å²) in [5, 5.41) is 2.02. The zero-order valence-electron chi connectivity index (χ0n) is 15.0. The summed E-state index contributed by atoms with van der Waals surface area (Å²) >= 11 is 0. The van der Waals surface area contributed by atoms with Crippen molar-refractivity contribution in [3.8, 4) is 0 Å². The van der Waals surface area contributed by atoms with Crippen LogP contribution in [0.25, 0.3) is 10.8 Å². The van der Waals surface area contributed by atoms with Gasteiger partial charge in [0.15, 0.2) is 0 Å². The number of nitrogens with zero attached hydrogens (tertiary/aromatic N) is 1. The molecule has 1 fully saturated rings. The first kappa shape index (κ1) is 17.3. The Balaban J connectivity index is 1.61. The van der Waals surface area contributed by atoms with Gasteiger partial charge in [0.05, 0.1) is 5.56 Å². The van der Waals surface area contributed by atoms with Gasteiger partial charge in [-0.25, -0.2) is 4.79 Å². The molecule has 0 aromatic heterocycles. The van der Waals surface area contributed by atoms with Crippen LogP contribution in [-0.4, -0.2) is 29.9 Å². The lowest BCUT2D eigenvalue weighted by atomic mass is 10.1. The van der Waals surface area contributed by atoms with Crippen LogP contribution in [0.4, 0.5) is 0 Å². The Morgan fingerprint density at radius 2 is 1.48 bits per heavy atom. The Hall–Kier alpha value is -3.14. The van der Waals surface area contributed by atoms with Crippen LogP contribution in [0.3, 0.4) is 0 Å². The van der Waals surface area contributed by atoms with Gasteiger partial charge in [0.1, 0.15) is 0 Å². The summed E-state index contributed by atoms with van der Waals surface area (Å²) in [7, 11) is 0. The number of fused-ring (bicyclic) bond motifs is 1. The normalized spacial score (nSPS) is 14.9. The molecule has 4 nitrogen and oxygen atoms in total. The second kappa shape index (κ2) is 7.62. The number of amides is 1. The molecular formula is C23H21NO3. The summed E-state index contributed by atoms with van der Waals surface area (Å²) in [5.41, 5.74) is 1.15. The summed E-state index contributed by atoms with van der Waals surface area (Å²) in [5.74, 6) is -0.630. The predicted molar refractivity (Wildman–Crippen MR) is 104 cm³/mol. The molecule has 1 amide bonds. The molecule has 3 aromatic carbocycles. The zero-order chi connectivity index (χ0) is 18.6. The highest BCUT2D eigenvalue weighted by atomic mass is 16.5. The maximum absolute atomic E-state index is 13.0. The molecule has 1 heterocycles. The van der Waals surface area contributed by atoms with Gasteiger partial charge in [-0.2, -0.15) is 0 Å². The van der Waals surface area contributed by atoms with E-state index < -0.39 is 12.1 Å². The van der Waals surface area contributed by atoms with E-state index in [1.807, 2.05) is 60.7 Å². The summed E-state index contributed by atoms with van der Waals surface area (Å²) in [6.45, 7) is 1.44. The molecule has 27 heavy (non-hydrogen) atoms. The Morgan fingerprint density at radius 3 is 2.22 bits per heavy atom. The van der Waals surface area contributed by atoms with Crippen LogP contribution in [0.15, 0.2) is 72.8 Å². The number of likely N-dealkylation sites (tertiary alicyclic amines) is 1. The van der Waals surface area contributed by atoms with Crippen molar-refractivity contribution < 1.29 is 14.3 Å². The molecule has 0 N–H and O–H groups in total. The van der Waals surface area contributed by atoms with Crippen molar-refractivity contribution in [2.45, 2.75) is 18.9 Å². The minimum Gasteiger partial charge on any atom is -0.444 e. The van der Waals surface area contributed by atoms with Crippen LogP contribution >= 0.6 is 0 Å². The third-order valence-electron chi connectivity index (χ3n) is 4.95. The number of hydrogen-bond acceptors (Lipinski definition) is 3. The molecule has 0 spiro atoms. The Kier molecular flexibility index (Phi) is 4.88. The zero-order valence-corrected chi connectivity index (χ0v) is 15.0. The van der Waals surface area contributed by atoms with Gasteiger partial charge < -0.3 is 9.64 Å². The number of carbonyl (C=O) groups is 2. The maximum atomic E-state index is 13.0. The van der Waals surface area contributed by atoms with Gasteiger partial charge in [-0.1, -0.05) is 60.7 Å². The van der Waals surface area contributed by atoms with Gasteiger partial charge in [-0.15, -0.1) is 0 Å². The largest absolute Gasteiger partial charge is 0.444 e. The maximum Gasteiger partial charge on any atom is 0.339 e. The van der Waals surface area contributed by atoms with Crippen LogP contribution in [0, 0.1) is 0 Å². The molecule has 3 aromatic rings. The van der Waals surface area contributed by atoms with E-state index in [0.29, 0.717) is 11.1 Å². The van der Waals surface area contributed by atoms with Gasteiger partial charge >= 0.3 is 5.97 Å². The summed E-state index contributed by atoms with van der Waals surface area (Å²) < 4.78 is 5.72. The van der Waals surface area contributed by atoms with Gasteiger partial charge in [-0.3, -0.25) is 4.79 Å². The standard InChI is InChI=1S/C23H21NO3/c25-22(24-14-6-7-15-24)21(18-9-2-1-3-10-18)27-23(26)20-13-12-17-8-4-5-11-19(17)16-20/h1-5,8-13,16,21H,6-7,14-15H2/t21-/m1/s1. The molecule has 0 bridgehead atoms. The monoisotopic (exact) mass is 359 g/mol. The molecule has 4 heteroatoms. The topological polar surface area (TPSA) is 46.6 Å². The molecule has 4 rings (SSSR count). The third kappa shape index (κ3) is 3.70. The molecule has 0 saturated carbocycles. The molecular weight excluding hydrogens is 338 g/mol. The van der Waals surface area contributed by atoms with Crippen molar-refractivity contribution in [3.05, 3.63) is 83.9 Å². The number of ether oxygens (including phenoxy) is 1. The minimum absolute atomic E-state index is 0.146. The first-order chi connectivity index (χ1) is 13.2. The second-order valence-electron chi connectivity index (χ2n) is 6.79. The minimum atomic E-state index is -0.914. The lowest BCUT2D eigenvalue weighted by Crippen LogP contribution is -2.34. The van der Waals surface area contributed by atoms with E-state index in [4.69, 9.17) is 4.74 Å². The quantitative estimate of drug-likeness (QED) is 0.650. The van der Waals surface area contributed by atoms with Crippen LogP contribution in [0.2, 0.25) is 0 Å². The number of hydrogen-bond donors (Lipinski definition) is 0. The number of esters is 1. The van der Waals surface area contributed by atoms with E-state index in [2.05, 4.69) is 0 Å². The van der Waals surface area contributed by atoms with Gasteiger partial charge in [0.2, 0.25) is 6.10 Å². The van der Waals surface area contributed by atoms with Crippen molar-refractivity contribution in [2.24, 2.45) is 0 Å². The molecule has 136 valence electrons. The first-order valence-corrected chi connectivity index (χ1v) is 9.26. The van der Waals surface area contributed by atoms with Crippen LogP contribution < -0.4 is 0 Å². The van der Waals surface area contributed by atoms with Crippen molar-refractivity contribution in [1.82, 2.24) is 4.90 Å². The number of benzene rings is 3. The Bertz CT molecular complexity index is 962. The van der Waals surface area contributed by atoms with E-state index >= 15 is 0 Å².